The van der Waals surface area contributed by atoms with Crippen LogP contribution in [0.2, 0.25) is 0 Å². The van der Waals surface area contributed by atoms with Gasteiger partial charge in [0.05, 0.1) is 0 Å². The summed E-state index contributed by atoms with van der Waals surface area (Å²) in [6.07, 6.45) is 2.79. The second kappa shape index (κ2) is 4.26. The Labute approximate surface area is 96.9 Å². The Morgan fingerprint density at radius 3 is 2.73 bits per heavy atom. The van der Waals surface area contributed by atoms with E-state index in [4.69, 9.17) is 0 Å². The summed E-state index contributed by atoms with van der Waals surface area (Å²) in [5.41, 5.74) is 2.06. The van der Waals surface area contributed by atoms with E-state index >= 15 is 0 Å². The van der Waals surface area contributed by atoms with Gasteiger partial charge in [-0.05, 0) is 53.5 Å². The molecule has 2 rings (SSSR count). The summed E-state index contributed by atoms with van der Waals surface area (Å²) in [6, 6.07) is 2.90. The van der Waals surface area contributed by atoms with Crippen LogP contribution in [0, 0.1) is 5.41 Å². The third-order valence-corrected chi connectivity index (χ3v) is 4.63. The lowest BCUT2D eigenvalue weighted by molar-refractivity contribution is 0.374. The summed E-state index contributed by atoms with van der Waals surface area (Å²) in [5, 5.41) is 8.10. The Morgan fingerprint density at radius 2 is 2.20 bits per heavy atom. The van der Waals surface area contributed by atoms with E-state index in [1.54, 1.807) is 11.3 Å². The monoisotopic (exact) mass is 223 g/mol. The van der Waals surface area contributed by atoms with Gasteiger partial charge in [0, 0.05) is 12.6 Å². The SMILES string of the molecule is CC(CNC(C)C1(C)CC1)c1ccsc1. The molecule has 0 amide bonds. The van der Waals surface area contributed by atoms with Gasteiger partial charge in [-0.15, -0.1) is 0 Å². The highest BCUT2D eigenvalue weighted by Gasteiger charge is 2.42. The van der Waals surface area contributed by atoms with Crippen molar-refractivity contribution in [1.29, 1.82) is 0 Å². The molecule has 0 aliphatic heterocycles. The van der Waals surface area contributed by atoms with E-state index in [0.717, 1.165) is 6.54 Å². The van der Waals surface area contributed by atoms with Crippen molar-refractivity contribution in [3.8, 4) is 0 Å². The van der Waals surface area contributed by atoms with Crippen LogP contribution in [-0.2, 0) is 0 Å². The molecule has 1 aromatic rings. The van der Waals surface area contributed by atoms with Gasteiger partial charge in [-0.1, -0.05) is 13.8 Å². The van der Waals surface area contributed by atoms with Crippen LogP contribution < -0.4 is 5.32 Å². The minimum Gasteiger partial charge on any atom is -0.313 e. The highest BCUT2D eigenvalue weighted by Crippen LogP contribution is 2.47. The molecule has 1 aliphatic rings. The van der Waals surface area contributed by atoms with E-state index in [2.05, 4.69) is 42.9 Å². The molecule has 84 valence electrons. The van der Waals surface area contributed by atoms with Gasteiger partial charge in [0.1, 0.15) is 0 Å². The van der Waals surface area contributed by atoms with Gasteiger partial charge in [-0.25, -0.2) is 0 Å². The van der Waals surface area contributed by atoms with Gasteiger partial charge < -0.3 is 5.32 Å². The second-order valence-corrected chi connectivity index (χ2v) is 6.02. The maximum absolute atomic E-state index is 3.68. The molecule has 0 spiro atoms. The fourth-order valence-corrected chi connectivity index (χ4v) is 2.69. The van der Waals surface area contributed by atoms with Crippen LogP contribution >= 0.6 is 11.3 Å². The zero-order chi connectivity index (χ0) is 10.9. The third kappa shape index (κ3) is 2.61. The second-order valence-electron chi connectivity index (χ2n) is 5.24. The lowest BCUT2D eigenvalue weighted by atomic mass is 9.99. The number of hydrogen-bond acceptors (Lipinski definition) is 2. The molecule has 0 bridgehead atoms. The molecule has 1 N–H and O–H groups in total. The van der Waals surface area contributed by atoms with Crippen molar-refractivity contribution in [3.05, 3.63) is 22.4 Å². The van der Waals surface area contributed by atoms with Crippen molar-refractivity contribution in [3.63, 3.8) is 0 Å². The third-order valence-electron chi connectivity index (χ3n) is 3.93. The quantitative estimate of drug-likeness (QED) is 0.804. The average molecular weight is 223 g/mol. The molecule has 1 saturated carbocycles. The lowest BCUT2D eigenvalue weighted by Crippen LogP contribution is -2.35. The van der Waals surface area contributed by atoms with E-state index in [0.29, 0.717) is 17.4 Å². The predicted molar refractivity (Wildman–Crippen MR) is 67.5 cm³/mol. The van der Waals surface area contributed by atoms with Gasteiger partial charge in [-0.3, -0.25) is 0 Å². The first-order valence-corrected chi connectivity index (χ1v) is 6.81. The van der Waals surface area contributed by atoms with E-state index in [9.17, 15) is 0 Å². The highest BCUT2D eigenvalue weighted by atomic mass is 32.1. The van der Waals surface area contributed by atoms with E-state index in [1.165, 1.54) is 18.4 Å². The molecule has 0 radical (unpaired) electrons. The molecule has 2 heteroatoms. The minimum atomic E-state index is 0.592. The molecule has 1 aromatic heterocycles. The van der Waals surface area contributed by atoms with Gasteiger partial charge in [0.15, 0.2) is 0 Å². The Morgan fingerprint density at radius 1 is 1.47 bits per heavy atom. The molecule has 0 aromatic carbocycles. The molecule has 1 fully saturated rings. The van der Waals surface area contributed by atoms with E-state index in [1.807, 2.05) is 0 Å². The molecule has 2 unspecified atom stereocenters. The molecule has 1 heterocycles. The molecule has 15 heavy (non-hydrogen) atoms. The number of nitrogens with one attached hydrogen (secondary N) is 1. The van der Waals surface area contributed by atoms with Crippen molar-refractivity contribution >= 4 is 11.3 Å². The Balaban J connectivity index is 1.78. The van der Waals surface area contributed by atoms with Crippen LogP contribution in [0.5, 0.6) is 0 Å². The number of hydrogen-bond donors (Lipinski definition) is 1. The highest BCUT2D eigenvalue weighted by molar-refractivity contribution is 7.07. The van der Waals surface area contributed by atoms with Crippen molar-refractivity contribution in [2.45, 2.75) is 45.6 Å². The van der Waals surface area contributed by atoms with E-state index < -0.39 is 0 Å². The summed E-state index contributed by atoms with van der Waals surface area (Å²) < 4.78 is 0. The molecule has 1 aliphatic carbocycles. The fourth-order valence-electron chi connectivity index (χ4n) is 1.90. The lowest BCUT2D eigenvalue weighted by Gasteiger charge is -2.22. The Bertz CT molecular complexity index is 300. The zero-order valence-corrected chi connectivity index (χ0v) is 10.7. The standard InChI is InChI=1S/C13H21NS/c1-10(12-4-7-15-9-12)8-14-11(2)13(3)5-6-13/h4,7,9-11,14H,5-6,8H2,1-3H3. The minimum absolute atomic E-state index is 0.592. The number of thiophene rings is 1. The predicted octanol–water partition coefficient (Wildman–Crippen LogP) is 3.63. The van der Waals surface area contributed by atoms with Gasteiger partial charge >= 0.3 is 0 Å². The first-order valence-electron chi connectivity index (χ1n) is 5.87. The zero-order valence-electron chi connectivity index (χ0n) is 9.92. The normalized spacial score (nSPS) is 22.3. The summed E-state index contributed by atoms with van der Waals surface area (Å²) >= 11 is 1.79. The van der Waals surface area contributed by atoms with Crippen LogP contribution in [0.1, 0.15) is 45.1 Å². The fraction of sp³-hybridized carbons (Fsp3) is 0.692. The van der Waals surface area contributed by atoms with Gasteiger partial charge in [0.25, 0.3) is 0 Å². The number of rotatable bonds is 5. The van der Waals surface area contributed by atoms with Crippen molar-refractivity contribution in [1.82, 2.24) is 5.32 Å². The summed E-state index contributed by atoms with van der Waals surface area (Å²) in [7, 11) is 0. The topological polar surface area (TPSA) is 12.0 Å². The first-order chi connectivity index (χ1) is 7.12. The smallest absolute Gasteiger partial charge is 0.00927 e. The molecular formula is C13H21NS. The Hall–Kier alpha value is -0.340. The van der Waals surface area contributed by atoms with E-state index in [-0.39, 0.29) is 0 Å². The maximum Gasteiger partial charge on any atom is 0.00927 e. The van der Waals surface area contributed by atoms with Crippen molar-refractivity contribution < 1.29 is 0 Å². The van der Waals surface area contributed by atoms with Gasteiger partial charge in [0.2, 0.25) is 0 Å². The van der Waals surface area contributed by atoms with Crippen LogP contribution in [0.25, 0.3) is 0 Å². The maximum atomic E-state index is 3.68. The van der Waals surface area contributed by atoms with Crippen LogP contribution in [0.4, 0.5) is 0 Å². The molecular weight excluding hydrogens is 202 g/mol. The van der Waals surface area contributed by atoms with Crippen LogP contribution in [-0.4, -0.2) is 12.6 Å². The Kier molecular flexibility index (Phi) is 3.17. The van der Waals surface area contributed by atoms with Crippen molar-refractivity contribution in [2.75, 3.05) is 6.54 Å². The molecule has 0 saturated heterocycles. The van der Waals surface area contributed by atoms with Crippen LogP contribution in [0.15, 0.2) is 16.8 Å². The molecule has 2 atom stereocenters. The summed E-state index contributed by atoms with van der Waals surface area (Å²) in [4.78, 5) is 0. The average Bonchev–Trinajstić information content (AvgIpc) is 2.79. The first kappa shape index (κ1) is 11.2. The van der Waals surface area contributed by atoms with Gasteiger partial charge in [-0.2, -0.15) is 11.3 Å². The summed E-state index contributed by atoms with van der Waals surface area (Å²) in [5.74, 6) is 0.640. The largest absolute Gasteiger partial charge is 0.313 e. The van der Waals surface area contributed by atoms with Crippen LogP contribution in [0.3, 0.4) is 0 Å². The summed E-state index contributed by atoms with van der Waals surface area (Å²) in [6.45, 7) is 8.12. The molecule has 1 nitrogen and oxygen atoms in total. The van der Waals surface area contributed by atoms with Crippen molar-refractivity contribution in [2.24, 2.45) is 5.41 Å².